The van der Waals surface area contributed by atoms with Crippen LogP contribution in [0.4, 0.5) is 30.8 Å². The summed E-state index contributed by atoms with van der Waals surface area (Å²) in [5.74, 6) is 0.537. The summed E-state index contributed by atoms with van der Waals surface area (Å²) >= 11 is 0. The molecular formula is C19H21F3N8O2. The Labute approximate surface area is 180 Å². The van der Waals surface area contributed by atoms with Gasteiger partial charge in [0.2, 0.25) is 11.9 Å². The fraction of sp³-hybridized carbons (Fsp3) is 0.421. The van der Waals surface area contributed by atoms with Crippen molar-refractivity contribution in [3.8, 4) is 0 Å². The Balaban J connectivity index is 1.59. The number of rotatable bonds is 8. The van der Waals surface area contributed by atoms with Crippen LogP contribution in [0.1, 0.15) is 6.42 Å². The summed E-state index contributed by atoms with van der Waals surface area (Å²) < 4.78 is 43.1. The quantitative estimate of drug-likeness (QED) is 0.447. The Morgan fingerprint density at radius 1 is 1.31 bits per heavy atom. The van der Waals surface area contributed by atoms with Crippen molar-refractivity contribution in [1.29, 1.82) is 0 Å². The van der Waals surface area contributed by atoms with Gasteiger partial charge in [0.05, 0.1) is 25.3 Å². The molecule has 4 heterocycles. The lowest BCUT2D eigenvalue weighted by Crippen LogP contribution is -2.25. The van der Waals surface area contributed by atoms with Gasteiger partial charge in [0.1, 0.15) is 23.5 Å². The number of nitrogens with zero attached hydrogens (tertiary/aromatic N) is 5. The topological polar surface area (TPSA) is 119 Å². The number of carbonyl (C=O) groups is 1. The number of fused-ring (bicyclic) bond motifs is 1. The fourth-order valence-electron chi connectivity index (χ4n) is 3.30. The molecule has 3 aromatic heterocycles. The number of alkyl halides is 3. The van der Waals surface area contributed by atoms with Crippen LogP contribution in [0.2, 0.25) is 0 Å². The number of aromatic nitrogens is 5. The van der Waals surface area contributed by atoms with Crippen molar-refractivity contribution < 1.29 is 22.7 Å². The van der Waals surface area contributed by atoms with Crippen LogP contribution >= 0.6 is 0 Å². The van der Waals surface area contributed by atoms with Crippen LogP contribution in [0, 0.1) is 5.92 Å². The number of ether oxygens (including phenoxy) is 1. The zero-order chi connectivity index (χ0) is 22.6. The first-order valence-electron chi connectivity index (χ1n) is 9.97. The summed E-state index contributed by atoms with van der Waals surface area (Å²) in [5, 5.41) is 13.1. The summed E-state index contributed by atoms with van der Waals surface area (Å²) in [6, 6.07) is 5.26. The second-order valence-corrected chi connectivity index (χ2v) is 7.18. The lowest BCUT2D eigenvalue weighted by Gasteiger charge is -2.13. The highest BCUT2D eigenvalue weighted by atomic mass is 19.4. The Morgan fingerprint density at radius 3 is 2.91 bits per heavy atom. The fourth-order valence-corrected chi connectivity index (χ4v) is 3.30. The van der Waals surface area contributed by atoms with E-state index < -0.39 is 12.8 Å². The molecule has 3 aromatic rings. The third-order valence-electron chi connectivity index (χ3n) is 4.78. The molecule has 1 aliphatic heterocycles. The van der Waals surface area contributed by atoms with Crippen molar-refractivity contribution >= 4 is 34.5 Å². The molecule has 0 spiro atoms. The van der Waals surface area contributed by atoms with Gasteiger partial charge in [0.25, 0.3) is 0 Å². The Bertz CT molecular complexity index is 1070. The third-order valence-corrected chi connectivity index (χ3v) is 4.78. The van der Waals surface area contributed by atoms with E-state index in [2.05, 4.69) is 40.7 Å². The van der Waals surface area contributed by atoms with Crippen molar-refractivity contribution in [2.24, 2.45) is 5.92 Å². The van der Waals surface area contributed by atoms with Gasteiger partial charge >= 0.3 is 6.18 Å². The summed E-state index contributed by atoms with van der Waals surface area (Å²) in [6.45, 7) is -0.129. The maximum absolute atomic E-state index is 12.5. The van der Waals surface area contributed by atoms with E-state index >= 15 is 0 Å². The number of pyridine rings is 1. The Morgan fingerprint density at radius 2 is 2.19 bits per heavy atom. The van der Waals surface area contributed by atoms with Gasteiger partial charge in [-0.05, 0) is 25.1 Å². The number of hydrogen-bond donors (Lipinski definition) is 3. The zero-order valence-corrected chi connectivity index (χ0v) is 16.9. The van der Waals surface area contributed by atoms with Crippen molar-refractivity contribution in [2.75, 3.05) is 36.9 Å². The smallest absolute Gasteiger partial charge is 0.370 e. The normalized spacial score (nSPS) is 16.4. The predicted molar refractivity (Wildman–Crippen MR) is 109 cm³/mol. The van der Waals surface area contributed by atoms with Gasteiger partial charge < -0.3 is 15.4 Å². The number of anilines is 3. The Kier molecular flexibility index (Phi) is 6.46. The molecule has 0 saturated carbocycles. The standard InChI is InChI=1S/C19H21F3N8O2/c20-19(21,22)11-32-8-7-30-15-13(10-25-30)26-18(29-17(31)12-4-6-23-9-12)28-16(15)27-14-3-1-2-5-24-14/h1-3,5,10,12,23H,4,6-9,11H2,(H2,24,26,27,28,29,31)/t12-/m0/s1. The lowest BCUT2D eigenvalue weighted by atomic mass is 10.1. The van der Waals surface area contributed by atoms with E-state index in [1.165, 1.54) is 10.9 Å². The maximum Gasteiger partial charge on any atom is 0.411 e. The summed E-state index contributed by atoms with van der Waals surface area (Å²) in [5.41, 5.74) is 0.862. The van der Waals surface area contributed by atoms with Crippen molar-refractivity contribution in [3.63, 3.8) is 0 Å². The minimum Gasteiger partial charge on any atom is -0.370 e. The first-order chi connectivity index (χ1) is 15.4. The van der Waals surface area contributed by atoms with Crippen LogP contribution in [0.3, 0.4) is 0 Å². The predicted octanol–water partition coefficient (Wildman–Crippen LogP) is 2.09. The molecule has 1 atom stereocenters. The number of carbonyl (C=O) groups excluding carboxylic acids is 1. The van der Waals surface area contributed by atoms with E-state index in [1.807, 2.05) is 0 Å². The lowest BCUT2D eigenvalue weighted by molar-refractivity contribution is -0.174. The number of amides is 1. The summed E-state index contributed by atoms with van der Waals surface area (Å²) in [6.07, 6.45) is -0.623. The first-order valence-corrected chi connectivity index (χ1v) is 9.97. The molecule has 170 valence electrons. The van der Waals surface area contributed by atoms with Gasteiger partial charge in [-0.1, -0.05) is 6.07 Å². The summed E-state index contributed by atoms with van der Waals surface area (Å²) in [4.78, 5) is 25.5. The van der Waals surface area contributed by atoms with Crippen LogP contribution < -0.4 is 16.0 Å². The van der Waals surface area contributed by atoms with E-state index in [9.17, 15) is 18.0 Å². The molecule has 0 bridgehead atoms. The molecule has 13 heteroatoms. The van der Waals surface area contributed by atoms with Crippen molar-refractivity contribution in [1.82, 2.24) is 30.0 Å². The van der Waals surface area contributed by atoms with E-state index in [-0.39, 0.29) is 30.9 Å². The molecule has 0 unspecified atom stereocenters. The second-order valence-electron chi connectivity index (χ2n) is 7.18. The molecule has 3 N–H and O–H groups in total. The van der Waals surface area contributed by atoms with Gasteiger partial charge in [0, 0.05) is 12.7 Å². The molecular weight excluding hydrogens is 429 g/mol. The second kappa shape index (κ2) is 9.44. The van der Waals surface area contributed by atoms with E-state index in [0.717, 1.165) is 13.0 Å². The highest BCUT2D eigenvalue weighted by Gasteiger charge is 2.27. The van der Waals surface area contributed by atoms with Crippen molar-refractivity contribution in [3.05, 3.63) is 30.6 Å². The van der Waals surface area contributed by atoms with Crippen LogP contribution in [-0.2, 0) is 16.1 Å². The van der Waals surface area contributed by atoms with E-state index in [4.69, 9.17) is 0 Å². The molecule has 32 heavy (non-hydrogen) atoms. The molecule has 0 radical (unpaired) electrons. The number of hydrogen-bond acceptors (Lipinski definition) is 8. The van der Waals surface area contributed by atoms with Crippen LogP contribution in [0.5, 0.6) is 0 Å². The maximum atomic E-state index is 12.5. The molecule has 1 saturated heterocycles. The zero-order valence-electron chi connectivity index (χ0n) is 16.9. The Hall–Kier alpha value is -3.32. The largest absolute Gasteiger partial charge is 0.411 e. The molecule has 1 aliphatic rings. The van der Waals surface area contributed by atoms with Gasteiger partial charge in [-0.25, -0.2) is 9.97 Å². The van der Waals surface area contributed by atoms with Gasteiger partial charge in [0.15, 0.2) is 5.82 Å². The molecule has 1 fully saturated rings. The van der Waals surface area contributed by atoms with E-state index in [1.54, 1.807) is 24.4 Å². The highest BCUT2D eigenvalue weighted by molar-refractivity contribution is 5.94. The van der Waals surface area contributed by atoms with Gasteiger partial charge in [-0.3, -0.25) is 14.8 Å². The van der Waals surface area contributed by atoms with Crippen molar-refractivity contribution in [2.45, 2.75) is 19.1 Å². The van der Waals surface area contributed by atoms with Crippen LogP contribution in [0.25, 0.3) is 11.0 Å². The molecule has 1 amide bonds. The average Bonchev–Trinajstić information content (AvgIpc) is 3.42. The van der Waals surface area contributed by atoms with Gasteiger partial charge in [-0.15, -0.1) is 0 Å². The molecule has 0 aromatic carbocycles. The molecule has 10 nitrogen and oxygen atoms in total. The third kappa shape index (κ3) is 5.48. The highest BCUT2D eigenvalue weighted by Crippen LogP contribution is 2.25. The molecule has 0 aliphatic carbocycles. The van der Waals surface area contributed by atoms with Crippen LogP contribution in [-0.4, -0.2) is 63.1 Å². The van der Waals surface area contributed by atoms with E-state index in [0.29, 0.717) is 29.2 Å². The first kappa shape index (κ1) is 21.9. The van der Waals surface area contributed by atoms with Crippen LogP contribution in [0.15, 0.2) is 30.6 Å². The average molecular weight is 450 g/mol. The minimum atomic E-state index is -4.40. The number of halogens is 3. The monoisotopic (exact) mass is 450 g/mol. The summed E-state index contributed by atoms with van der Waals surface area (Å²) in [7, 11) is 0. The van der Waals surface area contributed by atoms with Gasteiger partial charge in [-0.2, -0.15) is 23.3 Å². The SMILES string of the molecule is O=C(Nc1nc(Nc2ccccn2)c2c(cnn2CCOCC(F)(F)F)n1)[C@H]1CCNC1. The molecule has 4 rings (SSSR count). The minimum absolute atomic E-state index is 0.0548. The number of nitrogens with one attached hydrogen (secondary N) is 3.